The molecule has 1 rings (SSSR count). The van der Waals surface area contributed by atoms with Crippen molar-refractivity contribution in [1.82, 2.24) is 5.32 Å². The maximum absolute atomic E-state index is 12.4. The normalized spacial score (nSPS) is 12.3. The number of rotatable bonds is 13. The number of aliphatic hydroxyl groups is 1. The number of aliphatic hydroxyl groups excluding tert-OH is 1. The summed E-state index contributed by atoms with van der Waals surface area (Å²) in [5.41, 5.74) is 1.97. The van der Waals surface area contributed by atoms with Crippen molar-refractivity contribution in [3.63, 3.8) is 0 Å². The van der Waals surface area contributed by atoms with Gasteiger partial charge in [-0.05, 0) is 57.4 Å². The largest absolute Gasteiger partial charge is 0.444 e. The number of ether oxygens (including phenoxy) is 2. The number of nitrogens with one attached hydrogen (secondary N) is 2. The molecule has 0 radical (unpaired) electrons. The van der Waals surface area contributed by atoms with E-state index in [1.807, 2.05) is 19.1 Å². The third-order valence-electron chi connectivity index (χ3n) is 4.70. The predicted octanol–water partition coefficient (Wildman–Crippen LogP) is 4.70. The predicted molar refractivity (Wildman–Crippen MR) is 123 cm³/mol. The first kappa shape index (κ1) is 26.9. The van der Waals surface area contributed by atoms with Crippen LogP contribution in [0.3, 0.4) is 0 Å². The van der Waals surface area contributed by atoms with E-state index >= 15 is 0 Å². The summed E-state index contributed by atoms with van der Waals surface area (Å²) in [6.07, 6.45) is 6.65. The molecule has 7 nitrogen and oxygen atoms in total. The van der Waals surface area contributed by atoms with E-state index in [0.717, 1.165) is 24.2 Å². The topological polar surface area (TPSA) is 96.9 Å². The highest BCUT2D eigenvalue weighted by Crippen LogP contribution is 2.17. The third kappa shape index (κ3) is 11.7. The number of hydrogen-bond donors (Lipinski definition) is 3. The summed E-state index contributed by atoms with van der Waals surface area (Å²) in [7, 11) is 0. The van der Waals surface area contributed by atoms with Crippen LogP contribution in [0.5, 0.6) is 0 Å². The maximum Gasteiger partial charge on any atom is 0.408 e. The lowest BCUT2D eigenvalue weighted by Gasteiger charge is -2.22. The Morgan fingerprint density at radius 1 is 1.10 bits per heavy atom. The number of amides is 2. The molecule has 0 aliphatic carbocycles. The standard InChI is InChI=1S/C24H40N2O5/c1-6-7-8-9-10-11-14-30-17-19-12-13-20(15-18(19)2)25-22(28)21(16-27)26-23(29)31-24(3,4)5/h12-13,15,21,27H,6-11,14,16-17H2,1-5H3,(H,25,28)(H,26,29)/t21-/m0/s1. The van der Waals surface area contributed by atoms with E-state index in [1.165, 1.54) is 32.1 Å². The number of alkyl carbamates (subject to hydrolysis) is 1. The second-order valence-corrected chi connectivity index (χ2v) is 8.83. The van der Waals surface area contributed by atoms with Crippen molar-refractivity contribution in [2.45, 2.75) is 91.4 Å². The number of aryl methyl sites for hydroxylation is 1. The van der Waals surface area contributed by atoms with Crippen LogP contribution in [0.15, 0.2) is 18.2 Å². The zero-order valence-corrected chi connectivity index (χ0v) is 19.8. The molecule has 0 saturated carbocycles. The summed E-state index contributed by atoms with van der Waals surface area (Å²) in [6, 6.07) is 4.46. The minimum Gasteiger partial charge on any atom is -0.444 e. The van der Waals surface area contributed by atoms with Crippen molar-refractivity contribution in [3.05, 3.63) is 29.3 Å². The second kappa shape index (κ2) is 14.0. The molecule has 0 aromatic heterocycles. The molecule has 0 bridgehead atoms. The van der Waals surface area contributed by atoms with Gasteiger partial charge in [0.2, 0.25) is 5.91 Å². The highest BCUT2D eigenvalue weighted by Gasteiger charge is 2.24. The molecule has 1 aromatic carbocycles. The Bertz CT molecular complexity index is 685. The lowest BCUT2D eigenvalue weighted by molar-refractivity contribution is -0.119. The molecule has 7 heteroatoms. The first-order valence-electron chi connectivity index (χ1n) is 11.2. The van der Waals surface area contributed by atoms with Gasteiger partial charge in [-0.25, -0.2) is 4.79 Å². The Labute approximate surface area is 186 Å². The SMILES string of the molecule is CCCCCCCCOCc1ccc(NC(=O)[C@H](CO)NC(=O)OC(C)(C)C)cc1C. The van der Waals surface area contributed by atoms with Crippen molar-refractivity contribution in [2.75, 3.05) is 18.5 Å². The molecule has 0 unspecified atom stereocenters. The molecule has 2 amide bonds. The van der Waals surface area contributed by atoms with Gasteiger partial charge >= 0.3 is 6.09 Å². The summed E-state index contributed by atoms with van der Waals surface area (Å²) >= 11 is 0. The minimum absolute atomic E-state index is 0.514. The first-order chi connectivity index (χ1) is 14.7. The number of unbranched alkanes of at least 4 members (excludes halogenated alkanes) is 5. The lowest BCUT2D eigenvalue weighted by atomic mass is 10.1. The molecule has 0 aliphatic heterocycles. The number of benzene rings is 1. The summed E-state index contributed by atoms with van der Waals surface area (Å²) in [5.74, 6) is -0.514. The smallest absolute Gasteiger partial charge is 0.408 e. The highest BCUT2D eigenvalue weighted by molar-refractivity contribution is 5.96. The Morgan fingerprint density at radius 2 is 1.77 bits per heavy atom. The Morgan fingerprint density at radius 3 is 2.39 bits per heavy atom. The van der Waals surface area contributed by atoms with Gasteiger partial charge in [0, 0.05) is 12.3 Å². The summed E-state index contributed by atoms with van der Waals surface area (Å²) in [6.45, 7) is 10.1. The van der Waals surface area contributed by atoms with Crippen LogP contribution in [-0.2, 0) is 20.9 Å². The van der Waals surface area contributed by atoms with Gasteiger partial charge in [0.15, 0.2) is 0 Å². The van der Waals surface area contributed by atoms with Crippen LogP contribution in [0, 0.1) is 6.92 Å². The average Bonchev–Trinajstić information content (AvgIpc) is 2.68. The Hall–Kier alpha value is -2.12. The minimum atomic E-state index is -1.10. The van der Waals surface area contributed by atoms with E-state index in [2.05, 4.69) is 17.6 Å². The van der Waals surface area contributed by atoms with Crippen molar-refractivity contribution < 1.29 is 24.2 Å². The van der Waals surface area contributed by atoms with Crippen LogP contribution >= 0.6 is 0 Å². The molecule has 176 valence electrons. The van der Waals surface area contributed by atoms with Gasteiger partial charge in [0.05, 0.1) is 13.2 Å². The molecule has 0 saturated heterocycles. The zero-order chi connectivity index (χ0) is 23.3. The van der Waals surface area contributed by atoms with Crippen LogP contribution in [0.2, 0.25) is 0 Å². The van der Waals surface area contributed by atoms with E-state index in [-0.39, 0.29) is 0 Å². The molecule has 0 aliphatic rings. The molecule has 0 heterocycles. The van der Waals surface area contributed by atoms with Gasteiger partial charge in [-0.3, -0.25) is 4.79 Å². The van der Waals surface area contributed by atoms with Gasteiger partial charge in [-0.2, -0.15) is 0 Å². The summed E-state index contributed by atoms with van der Waals surface area (Å²) < 4.78 is 10.9. The number of anilines is 1. The van der Waals surface area contributed by atoms with E-state index < -0.39 is 30.3 Å². The van der Waals surface area contributed by atoms with Crippen LogP contribution in [0.25, 0.3) is 0 Å². The van der Waals surface area contributed by atoms with E-state index in [1.54, 1.807) is 26.8 Å². The molecule has 0 fully saturated rings. The Kier molecular flexibility index (Phi) is 12.2. The summed E-state index contributed by atoms with van der Waals surface area (Å²) in [5, 5.41) is 14.6. The molecule has 3 N–H and O–H groups in total. The van der Waals surface area contributed by atoms with Crippen LogP contribution in [-0.4, -0.2) is 42.0 Å². The quantitative estimate of drug-likeness (QED) is 0.390. The number of carbonyl (C=O) groups is 2. The fourth-order valence-corrected chi connectivity index (χ4v) is 2.98. The Balaban J connectivity index is 2.47. The molecular formula is C24H40N2O5. The number of carbonyl (C=O) groups excluding carboxylic acids is 2. The summed E-state index contributed by atoms with van der Waals surface area (Å²) in [4.78, 5) is 24.3. The van der Waals surface area contributed by atoms with Crippen molar-refractivity contribution in [2.24, 2.45) is 0 Å². The fourth-order valence-electron chi connectivity index (χ4n) is 2.98. The van der Waals surface area contributed by atoms with Crippen LogP contribution in [0.1, 0.15) is 77.3 Å². The maximum atomic E-state index is 12.4. The van der Waals surface area contributed by atoms with Gasteiger partial charge in [0.25, 0.3) is 0 Å². The molecule has 31 heavy (non-hydrogen) atoms. The van der Waals surface area contributed by atoms with Crippen LogP contribution in [0.4, 0.5) is 10.5 Å². The highest BCUT2D eigenvalue weighted by atomic mass is 16.6. The van der Waals surface area contributed by atoms with Crippen molar-refractivity contribution >= 4 is 17.7 Å². The molecule has 1 aromatic rings. The van der Waals surface area contributed by atoms with Gasteiger partial charge in [-0.15, -0.1) is 0 Å². The van der Waals surface area contributed by atoms with Crippen LogP contribution < -0.4 is 10.6 Å². The number of hydrogen-bond acceptors (Lipinski definition) is 5. The fraction of sp³-hybridized carbons (Fsp3) is 0.667. The third-order valence-corrected chi connectivity index (χ3v) is 4.70. The second-order valence-electron chi connectivity index (χ2n) is 8.83. The molecule has 0 spiro atoms. The van der Waals surface area contributed by atoms with Crippen molar-refractivity contribution in [1.29, 1.82) is 0 Å². The van der Waals surface area contributed by atoms with E-state index in [4.69, 9.17) is 9.47 Å². The van der Waals surface area contributed by atoms with E-state index in [9.17, 15) is 14.7 Å². The molecule has 1 atom stereocenters. The van der Waals surface area contributed by atoms with Gasteiger partial charge in [0.1, 0.15) is 11.6 Å². The van der Waals surface area contributed by atoms with E-state index in [0.29, 0.717) is 12.3 Å². The van der Waals surface area contributed by atoms with Crippen molar-refractivity contribution in [3.8, 4) is 0 Å². The van der Waals surface area contributed by atoms with Gasteiger partial charge in [-0.1, -0.05) is 45.1 Å². The van der Waals surface area contributed by atoms with Gasteiger partial charge < -0.3 is 25.2 Å². The lowest BCUT2D eigenvalue weighted by Crippen LogP contribution is -2.47. The first-order valence-corrected chi connectivity index (χ1v) is 11.2. The molecular weight excluding hydrogens is 396 g/mol. The average molecular weight is 437 g/mol. The monoisotopic (exact) mass is 436 g/mol. The zero-order valence-electron chi connectivity index (χ0n) is 19.8.